The zero-order valence-corrected chi connectivity index (χ0v) is 40.2. The van der Waals surface area contributed by atoms with E-state index in [1.807, 2.05) is 0 Å². The van der Waals surface area contributed by atoms with Crippen molar-refractivity contribution >= 4 is 84.7 Å². The third-order valence-electron chi connectivity index (χ3n) is 8.06. The molecule has 0 nitrogen and oxygen atoms in total. The van der Waals surface area contributed by atoms with Crippen LogP contribution < -0.4 is 26.1 Å². The quantitative estimate of drug-likeness (QED) is 0.217. The number of hydrogen-bond donors (Lipinski definition) is 0. The normalized spacial score (nSPS) is 14.2. The Labute approximate surface area is 304 Å². The molecule has 0 aliphatic carbocycles. The molecule has 0 heterocycles. The molecule has 0 aliphatic rings. The van der Waals surface area contributed by atoms with Gasteiger partial charge in [-0.2, -0.15) is 0 Å². The van der Waals surface area contributed by atoms with E-state index in [0.717, 1.165) is 0 Å². The minimum atomic E-state index is -1.87. The predicted octanol–water partition coefficient (Wildman–Crippen LogP) is 9.11. The Hall–Kier alpha value is -0.106. The molecule has 0 atom stereocenters. The first-order chi connectivity index (χ1) is 20.6. The van der Waals surface area contributed by atoms with Gasteiger partial charge in [0.2, 0.25) is 0 Å². The zero-order chi connectivity index (χ0) is 35.3. The van der Waals surface area contributed by atoms with Crippen molar-refractivity contribution in [2.45, 2.75) is 150 Å². The fourth-order valence-electron chi connectivity index (χ4n) is 8.10. The van der Waals surface area contributed by atoms with Crippen molar-refractivity contribution in [3.8, 4) is 0 Å². The van der Waals surface area contributed by atoms with Gasteiger partial charge in [0, 0.05) is 0 Å². The van der Waals surface area contributed by atoms with Gasteiger partial charge in [-0.25, -0.2) is 0 Å². The average molecular weight is 871 g/mol. The summed E-state index contributed by atoms with van der Waals surface area (Å²) in [5, 5.41) is 0. The van der Waals surface area contributed by atoms with Crippen LogP contribution in [0.1, 0.15) is 125 Å². The van der Waals surface area contributed by atoms with E-state index in [1.165, 1.54) is 0 Å². The summed E-state index contributed by atoms with van der Waals surface area (Å²) in [7, 11) is 0. The molecule has 46 heavy (non-hydrogen) atoms. The first-order valence-corrected chi connectivity index (χ1v) is 28.4. The molecular weight excluding hydrogens is 804 g/mol. The second kappa shape index (κ2) is 14.3. The summed E-state index contributed by atoms with van der Waals surface area (Å²) in [5.41, 5.74) is 0. The maximum atomic E-state index is 2.70. The summed E-state index contributed by atoms with van der Waals surface area (Å²) in [5.74, 6) is 0. The SMILES string of the molecule is CC(C)(C)[As](c1cccc([As](c2cccc([As](C(C)(C)C)C(C)(C)C)c2)c2cccc([As](C(C)(C)C)C(C)(C)C)c2)c1)C(C)(C)C. The van der Waals surface area contributed by atoms with Crippen LogP contribution in [0.4, 0.5) is 0 Å². The van der Waals surface area contributed by atoms with E-state index >= 15 is 0 Å². The van der Waals surface area contributed by atoms with Crippen LogP contribution in [0.15, 0.2) is 72.8 Å². The Kier molecular flexibility index (Phi) is 12.5. The van der Waals surface area contributed by atoms with Gasteiger partial charge in [-0.3, -0.25) is 0 Å². The number of rotatable bonds is 6. The Morgan fingerprint density at radius 2 is 0.457 bits per heavy atom. The Morgan fingerprint density at radius 1 is 0.283 bits per heavy atom. The standard InChI is InChI=1S/C42H66As4/c1-37(2,3)44(38(4,5)6)34-25-19-22-31(28-34)43(32-23-20-26-35(29-32)45(39(7,8)9)40(10,11)12)33-24-21-27-36(30-33)46(41(13,14)15)42(16,17)18/h19-30H,1-18H3. The van der Waals surface area contributed by atoms with Gasteiger partial charge < -0.3 is 0 Å². The summed E-state index contributed by atoms with van der Waals surface area (Å²) < 4.78 is 11.6. The molecule has 0 bridgehead atoms. The van der Waals surface area contributed by atoms with Gasteiger partial charge in [-0.1, -0.05) is 0 Å². The first kappa shape index (κ1) is 40.3. The number of hydrogen-bond acceptors (Lipinski definition) is 0. The van der Waals surface area contributed by atoms with Crippen LogP contribution in [-0.4, -0.2) is 58.6 Å². The molecule has 0 radical (unpaired) electrons. The molecule has 0 aliphatic heterocycles. The van der Waals surface area contributed by atoms with Crippen molar-refractivity contribution in [3.05, 3.63) is 72.8 Å². The first-order valence-electron chi connectivity index (χ1n) is 17.1. The van der Waals surface area contributed by atoms with Gasteiger partial charge in [-0.15, -0.1) is 0 Å². The molecule has 0 N–H and O–H groups in total. The van der Waals surface area contributed by atoms with E-state index in [0.29, 0.717) is 25.2 Å². The average Bonchev–Trinajstić information content (AvgIpc) is 2.79. The molecular formula is C42H66As4. The van der Waals surface area contributed by atoms with Gasteiger partial charge in [0.15, 0.2) is 0 Å². The topological polar surface area (TPSA) is 0 Å². The van der Waals surface area contributed by atoms with Crippen LogP contribution in [0.3, 0.4) is 0 Å². The Balaban J connectivity index is 2.38. The van der Waals surface area contributed by atoms with Crippen LogP contribution in [0.25, 0.3) is 0 Å². The molecule has 0 unspecified atom stereocenters. The summed E-state index contributed by atoms with van der Waals surface area (Å²) in [6.45, 7) is 44.8. The molecule has 0 amide bonds. The van der Waals surface area contributed by atoms with E-state index < -0.39 is 58.6 Å². The molecule has 254 valence electrons. The third-order valence-corrected chi connectivity index (χ3v) is 35.0. The molecule has 3 aromatic rings. The third kappa shape index (κ3) is 9.99. The number of benzene rings is 3. The van der Waals surface area contributed by atoms with E-state index in [1.54, 1.807) is 26.1 Å². The van der Waals surface area contributed by atoms with Crippen molar-refractivity contribution < 1.29 is 0 Å². The van der Waals surface area contributed by atoms with E-state index in [4.69, 9.17) is 0 Å². The van der Waals surface area contributed by atoms with Crippen molar-refractivity contribution in [1.82, 2.24) is 0 Å². The summed E-state index contributed by atoms with van der Waals surface area (Å²) in [6.07, 6.45) is 0. The Bertz CT molecular complexity index is 1240. The van der Waals surface area contributed by atoms with Gasteiger partial charge in [0.05, 0.1) is 0 Å². The predicted molar refractivity (Wildman–Crippen MR) is 218 cm³/mol. The van der Waals surface area contributed by atoms with E-state index in [9.17, 15) is 0 Å². The van der Waals surface area contributed by atoms with Crippen molar-refractivity contribution in [3.63, 3.8) is 0 Å². The van der Waals surface area contributed by atoms with Gasteiger partial charge in [-0.05, 0) is 0 Å². The van der Waals surface area contributed by atoms with E-state index in [-0.39, 0.29) is 0 Å². The van der Waals surface area contributed by atoms with Crippen LogP contribution in [0.2, 0.25) is 25.2 Å². The summed E-state index contributed by atoms with van der Waals surface area (Å²) in [6, 6.07) is 30.2. The molecule has 0 saturated heterocycles. The van der Waals surface area contributed by atoms with Crippen LogP contribution >= 0.6 is 0 Å². The molecule has 3 aromatic carbocycles. The van der Waals surface area contributed by atoms with Crippen molar-refractivity contribution in [2.75, 3.05) is 0 Å². The second-order valence-corrected chi connectivity index (χ2v) is 47.9. The van der Waals surface area contributed by atoms with Crippen LogP contribution in [-0.2, 0) is 0 Å². The summed E-state index contributed by atoms with van der Waals surface area (Å²) >= 11 is -6.13. The molecule has 0 aromatic heterocycles. The minimum absolute atomic E-state index is 0.318. The van der Waals surface area contributed by atoms with E-state index in [2.05, 4.69) is 197 Å². The zero-order valence-electron chi connectivity index (χ0n) is 32.7. The maximum absolute atomic E-state index is 2.70. The van der Waals surface area contributed by atoms with Crippen molar-refractivity contribution in [2.24, 2.45) is 0 Å². The molecule has 0 fully saturated rings. The Morgan fingerprint density at radius 3 is 0.630 bits per heavy atom. The second-order valence-electron chi connectivity index (χ2n) is 18.9. The fourth-order valence-corrected chi connectivity index (χ4v) is 40.2. The monoisotopic (exact) mass is 870 g/mol. The van der Waals surface area contributed by atoms with Gasteiger partial charge >= 0.3 is 307 Å². The fraction of sp³-hybridized carbons (Fsp3) is 0.571. The van der Waals surface area contributed by atoms with Crippen LogP contribution in [0.5, 0.6) is 0 Å². The molecule has 4 heteroatoms. The summed E-state index contributed by atoms with van der Waals surface area (Å²) in [4.78, 5) is 0. The molecule has 0 spiro atoms. The van der Waals surface area contributed by atoms with Crippen LogP contribution in [0, 0.1) is 0 Å². The van der Waals surface area contributed by atoms with Gasteiger partial charge in [0.25, 0.3) is 0 Å². The van der Waals surface area contributed by atoms with Gasteiger partial charge in [0.1, 0.15) is 0 Å². The molecule has 3 rings (SSSR count). The van der Waals surface area contributed by atoms with Crippen molar-refractivity contribution in [1.29, 1.82) is 0 Å². The molecule has 0 saturated carbocycles.